The van der Waals surface area contributed by atoms with Crippen molar-refractivity contribution in [3.63, 3.8) is 0 Å². The number of hydrogen-bond donors (Lipinski definition) is 2. The zero-order chi connectivity index (χ0) is 16.1. The normalized spacial score (nSPS) is 14.6. The molecule has 0 aliphatic rings. The van der Waals surface area contributed by atoms with E-state index in [2.05, 4.69) is 4.72 Å². The Bertz CT molecular complexity index is 581. The van der Waals surface area contributed by atoms with Crippen molar-refractivity contribution in [3.05, 3.63) is 39.9 Å². The van der Waals surface area contributed by atoms with Crippen LogP contribution in [0.25, 0.3) is 0 Å². The van der Waals surface area contributed by atoms with E-state index in [9.17, 15) is 23.6 Å². The Balaban J connectivity index is 2.66. The SMILES string of the molecule is CCCC(C)(O)CNS(=O)(=O)Cc1ccc([N+](=O)[O-])cc1. The van der Waals surface area contributed by atoms with E-state index in [4.69, 9.17) is 0 Å². The highest BCUT2D eigenvalue weighted by Crippen LogP contribution is 2.15. The second-order valence-corrected chi connectivity index (χ2v) is 7.06. The molecule has 1 atom stereocenters. The molecule has 7 nitrogen and oxygen atoms in total. The summed E-state index contributed by atoms with van der Waals surface area (Å²) in [4.78, 5) is 9.98. The van der Waals surface area contributed by atoms with Gasteiger partial charge in [0, 0.05) is 18.7 Å². The minimum Gasteiger partial charge on any atom is -0.389 e. The smallest absolute Gasteiger partial charge is 0.269 e. The third-order valence-corrected chi connectivity index (χ3v) is 4.26. The fourth-order valence-electron chi connectivity index (χ4n) is 1.88. The lowest BCUT2D eigenvalue weighted by atomic mass is 10.0. The van der Waals surface area contributed by atoms with E-state index in [1.54, 1.807) is 6.92 Å². The van der Waals surface area contributed by atoms with Gasteiger partial charge in [-0.1, -0.05) is 25.5 Å². The van der Waals surface area contributed by atoms with E-state index < -0.39 is 20.5 Å². The van der Waals surface area contributed by atoms with Crippen LogP contribution in [0.5, 0.6) is 0 Å². The Hall–Kier alpha value is -1.51. The Morgan fingerprint density at radius 2 is 1.90 bits per heavy atom. The van der Waals surface area contributed by atoms with Crippen LogP contribution in [0.3, 0.4) is 0 Å². The molecule has 1 aromatic carbocycles. The summed E-state index contributed by atoms with van der Waals surface area (Å²) in [6.07, 6.45) is 1.24. The van der Waals surface area contributed by atoms with E-state index in [1.807, 2.05) is 6.92 Å². The quantitative estimate of drug-likeness (QED) is 0.559. The largest absolute Gasteiger partial charge is 0.389 e. The summed E-state index contributed by atoms with van der Waals surface area (Å²) in [5, 5.41) is 20.5. The van der Waals surface area contributed by atoms with Gasteiger partial charge < -0.3 is 5.11 Å². The monoisotopic (exact) mass is 316 g/mol. The molecule has 0 radical (unpaired) electrons. The lowest BCUT2D eigenvalue weighted by Gasteiger charge is -2.22. The molecule has 0 aliphatic carbocycles. The van der Waals surface area contributed by atoms with Crippen LogP contribution in [0.1, 0.15) is 32.3 Å². The zero-order valence-electron chi connectivity index (χ0n) is 12.1. The maximum absolute atomic E-state index is 11.9. The van der Waals surface area contributed by atoms with Crippen LogP contribution >= 0.6 is 0 Å². The molecule has 2 N–H and O–H groups in total. The maximum Gasteiger partial charge on any atom is 0.269 e. The molecule has 0 aliphatic heterocycles. The van der Waals surface area contributed by atoms with Gasteiger partial charge in [-0.05, 0) is 18.9 Å². The number of non-ortho nitro benzene ring substituents is 1. The molecule has 0 bridgehead atoms. The van der Waals surface area contributed by atoms with Crippen LogP contribution in [0.4, 0.5) is 5.69 Å². The highest BCUT2D eigenvalue weighted by atomic mass is 32.2. The average Bonchev–Trinajstić information content (AvgIpc) is 2.37. The predicted octanol–water partition coefficient (Wildman–Crippen LogP) is 1.57. The van der Waals surface area contributed by atoms with Gasteiger partial charge in [0.15, 0.2) is 0 Å². The summed E-state index contributed by atoms with van der Waals surface area (Å²) < 4.78 is 26.2. The number of nitrogens with zero attached hydrogens (tertiary/aromatic N) is 1. The molecule has 1 aromatic rings. The van der Waals surface area contributed by atoms with Gasteiger partial charge in [-0.25, -0.2) is 13.1 Å². The molecule has 0 fully saturated rings. The molecular formula is C13H20N2O5S. The number of benzene rings is 1. The van der Waals surface area contributed by atoms with E-state index in [0.717, 1.165) is 6.42 Å². The molecule has 21 heavy (non-hydrogen) atoms. The lowest BCUT2D eigenvalue weighted by molar-refractivity contribution is -0.384. The number of aliphatic hydroxyl groups is 1. The fourth-order valence-corrected chi connectivity index (χ4v) is 3.14. The Labute approximate surface area is 124 Å². The van der Waals surface area contributed by atoms with Crippen molar-refractivity contribution in [3.8, 4) is 0 Å². The summed E-state index contributed by atoms with van der Waals surface area (Å²) in [5.74, 6) is -0.285. The number of sulfonamides is 1. The number of nitro groups is 1. The lowest BCUT2D eigenvalue weighted by Crippen LogP contribution is -2.40. The minimum absolute atomic E-state index is 0.0594. The second-order valence-electron chi connectivity index (χ2n) is 5.25. The topological polar surface area (TPSA) is 110 Å². The molecule has 0 amide bonds. The van der Waals surface area contributed by atoms with Gasteiger partial charge in [0.05, 0.1) is 16.3 Å². The number of nitrogens with one attached hydrogen (secondary N) is 1. The minimum atomic E-state index is -3.60. The fraction of sp³-hybridized carbons (Fsp3) is 0.538. The van der Waals surface area contributed by atoms with Crippen molar-refractivity contribution in [2.75, 3.05) is 6.54 Å². The van der Waals surface area contributed by atoms with E-state index in [1.165, 1.54) is 24.3 Å². The molecule has 0 saturated carbocycles. The number of hydrogen-bond acceptors (Lipinski definition) is 5. The summed E-state index contributed by atoms with van der Waals surface area (Å²) in [7, 11) is -3.60. The van der Waals surface area contributed by atoms with Crippen molar-refractivity contribution < 1.29 is 18.4 Å². The number of rotatable bonds is 8. The Morgan fingerprint density at radius 3 is 2.38 bits per heavy atom. The van der Waals surface area contributed by atoms with Crippen LogP contribution in [0, 0.1) is 10.1 Å². The van der Waals surface area contributed by atoms with Gasteiger partial charge in [0.25, 0.3) is 5.69 Å². The van der Waals surface area contributed by atoms with Gasteiger partial charge >= 0.3 is 0 Å². The van der Waals surface area contributed by atoms with Crippen molar-refractivity contribution in [2.24, 2.45) is 0 Å². The van der Waals surface area contributed by atoms with Crippen LogP contribution in [0.15, 0.2) is 24.3 Å². The van der Waals surface area contributed by atoms with Crippen molar-refractivity contribution in [1.82, 2.24) is 4.72 Å². The van der Waals surface area contributed by atoms with E-state index in [0.29, 0.717) is 12.0 Å². The van der Waals surface area contributed by atoms with Gasteiger partial charge in [-0.2, -0.15) is 0 Å². The molecule has 0 aromatic heterocycles. The highest BCUT2D eigenvalue weighted by molar-refractivity contribution is 7.88. The molecule has 0 heterocycles. The van der Waals surface area contributed by atoms with Crippen molar-refractivity contribution in [2.45, 2.75) is 38.0 Å². The Morgan fingerprint density at radius 1 is 1.33 bits per heavy atom. The standard InChI is InChI=1S/C13H20N2O5S/c1-3-8-13(2,16)10-14-21(19,20)9-11-4-6-12(7-5-11)15(17)18/h4-7,14,16H,3,8-10H2,1-2H3. The van der Waals surface area contributed by atoms with Crippen molar-refractivity contribution >= 4 is 15.7 Å². The molecule has 8 heteroatoms. The predicted molar refractivity (Wildman–Crippen MR) is 79.3 cm³/mol. The van der Waals surface area contributed by atoms with Crippen LogP contribution in [-0.2, 0) is 15.8 Å². The average molecular weight is 316 g/mol. The molecule has 1 rings (SSSR count). The zero-order valence-corrected chi connectivity index (χ0v) is 12.9. The number of nitro benzene ring substituents is 1. The van der Waals surface area contributed by atoms with Crippen LogP contribution < -0.4 is 4.72 Å². The maximum atomic E-state index is 11.9. The third-order valence-electron chi connectivity index (χ3n) is 2.97. The van der Waals surface area contributed by atoms with Crippen LogP contribution in [0.2, 0.25) is 0 Å². The van der Waals surface area contributed by atoms with E-state index >= 15 is 0 Å². The van der Waals surface area contributed by atoms with Gasteiger partial charge in [-0.15, -0.1) is 0 Å². The summed E-state index contributed by atoms with van der Waals surface area (Å²) in [5.41, 5.74) is -0.727. The molecule has 1 unspecified atom stereocenters. The summed E-state index contributed by atoms with van der Waals surface area (Å²) >= 11 is 0. The van der Waals surface area contributed by atoms with E-state index in [-0.39, 0.29) is 18.0 Å². The first-order valence-corrected chi connectivity index (χ1v) is 8.23. The summed E-state index contributed by atoms with van der Waals surface area (Å²) in [6, 6.07) is 5.33. The Kier molecular flexibility index (Phi) is 5.82. The van der Waals surface area contributed by atoms with Crippen molar-refractivity contribution in [1.29, 1.82) is 0 Å². The van der Waals surface area contributed by atoms with Gasteiger partial charge in [-0.3, -0.25) is 10.1 Å². The van der Waals surface area contributed by atoms with Crippen LogP contribution in [-0.4, -0.2) is 30.6 Å². The molecule has 0 spiro atoms. The first-order valence-electron chi connectivity index (χ1n) is 6.58. The third kappa shape index (κ3) is 6.19. The molecule has 0 saturated heterocycles. The second kappa shape index (κ2) is 6.97. The van der Waals surface area contributed by atoms with Gasteiger partial charge in [0.2, 0.25) is 10.0 Å². The highest BCUT2D eigenvalue weighted by Gasteiger charge is 2.22. The first kappa shape index (κ1) is 17.5. The first-order chi connectivity index (χ1) is 9.65. The summed E-state index contributed by atoms with van der Waals surface area (Å²) in [6.45, 7) is 3.42. The van der Waals surface area contributed by atoms with Gasteiger partial charge in [0.1, 0.15) is 0 Å². The molecule has 118 valence electrons. The molecular weight excluding hydrogens is 296 g/mol.